The molecule has 0 bridgehead atoms. The Bertz CT molecular complexity index is 525. The summed E-state index contributed by atoms with van der Waals surface area (Å²) in [5.74, 6) is 0.630. The maximum atomic E-state index is 12.0. The first kappa shape index (κ1) is 17.1. The average molecular weight is 321 g/mol. The molecule has 1 aliphatic heterocycles. The first-order chi connectivity index (χ1) is 11.1. The molecular weight excluding hydrogens is 298 g/mol. The average Bonchev–Trinajstić information content (AvgIpc) is 2.61. The molecule has 23 heavy (non-hydrogen) atoms. The summed E-state index contributed by atoms with van der Waals surface area (Å²) in [6, 6.07) is 7.01. The summed E-state index contributed by atoms with van der Waals surface area (Å²) in [5.41, 5.74) is 0.612. The molecule has 0 radical (unpaired) electrons. The predicted molar refractivity (Wildman–Crippen MR) is 85.7 cm³/mol. The molecule has 7 nitrogen and oxygen atoms in total. The van der Waals surface area contributed by atoms with E-state index in [2.05, 4.69) is 10.2 Å². The Morgan fingerprint density at radius 1 is 1.09 bits per heavy atom. The van der Waals surface area contributed by atoms with Crippen molar-refractivity contribution in [2.24, 2.45) is 0 Å². The van der Waals surface area contributed by atoms with Gasteiger partial charge in [-0.25, -0.2) is 4.79 Å². The van der Waals surface area contributed by atoms with Crippen LogP contribution in [0.5, 0.6) is 5.75 Å². The van der Waals surface area contributed by atoms with Crippen LogP contribution >= 0.6 is 0 Å². The zero-order valence-electron chi connectivity index (χ0n) is 13.6. The van der Waals surface area contributed by atoms with E-state index in [1.165, 1.54) is 7.11 Å². The van der Waals surface area contributed by atoms with E-state index in [0.717, 1.165) is 25.4 Å². The van der Waals surface area contributed by atoms with Gasteiger partial charge in [0.15, 0.2) is 0 Å². The monoisotopic (exact) mass is 321 g/mol. The van der Waals surface area contributed by atoms with Gasteiger partial charge in [0.05, 0.1) is 14.2 Å². The molecule has 2 rings (SSSR count). The Hall–Kier alpha value is -2.28. The molecule has 0 atom stereocenters. The summed E-state index contributed by atoms with van der Waals surface area (Å²) in [4.78, 5) is 27.3. The van der Waals surface area contributed by atoms with Crippen molar-refractivity contribution in [2.75, 3.05) is 53.5 Å². The van der Waals surface area contributed by atoms with Crippen molar-refractivity contribution in [2.45, 2.75) is 0 Å². The fourth-order valence-corrected chi connectivity index (χ4v) is 2.46. The minimum atomic E-state index is -0.280. The number of hydrogen-bond acceptors (Lipinski definition) is 5. The molecular formula is C16H23N3O4. The highest BCUT2D eigenvalue weighted by atomic mass is 16.5. The van der Waals surface area contributed by atoms with Crippen LogP contribution in [-0.2, 0) is 4.74 Å². The fraction of sp³-hybridized carbons (Fsp3) is 0.500. The number of nitrogens with zero attached hydrogens (tertiary/aromatic N) is 2. The van der Waals surface area contributed by atoms with Gasteiger partial charge in [0.25, 0.3) is 5.91 Å². The van der Waals surface area contributed by atoms with Crippen LogP contribution in [0.1, 0.15) is 10.4 Å². The summed E-state index contributed by atoms with van der Waals surface area (Å²) < 4.78 is 9.77. The molecule has 0 saturated carbocycles. The predicted octanol–water partition coefficient (Wildman–Crippen LogP) is 0.809. The molecule has 1 aromatic carbocycles. The standard InChI is InChI=1S/C16H23N3O4/c1-22-14-5-3-13(4-6-14)15(20)17-7-8-18-9-11-19(12-10-18)16(21)23-2/h3-6H,7-12H2,1-2H3,(H,17,20). The van der Waals surface area contributed by atoms with Crippen LogP contribution in [0.4, 0.5) is 4.79 Å². The summed E-state index contributed by atoms with van der Waals surface area (Å²) in [5, 5.41) is 2.90. The minimum absolute atomic E-state index is 0.0964. The van der Waals surface area contributed by atoms with Crippen molar-refractivity contribution in [1.29, 1.82) is 0 Å². The van der Waals surface area contributed by atoms with Crippen molar-refractivity contribution >= 4 is 12.0 Å². The molecule has 1 aliphatic rings. The first-order valence-electron chi connectivity index (χ1n) is 7.61. The van der Waals surface area contributed by atoms with Crippen molar-refractivity contribution in [3.8, 4) is 5.75 Å². The Morgan fingerprint density at radius 3 is 2.30 bits per heavy atom. The number of carbonyl (C=O) groups excluding carboxylic acids is 2. The van der Waals surface area contributed by atoms with Gasteiger partial charge in [-0.1, -0.05) is 0 Å². The van der Waals surface area contributed by atoms with E-state index in [1.807, 2.05) is 0 Å². The highest BCUT2D eigenvalue weighted by Crippen LogP contribution is 2.11. The number of hydrogen-bond donors (Lipinski definition) is 1. The third-order valence-corrected chi connectivity index (χ3v) is 3.87. The molecule has 126 valence electrons. The summed E-state index contributed by atoms with van der Waals surface area (Å²) in [6.07, 6.45) is -0.280. The Labute approximate surface area is 136 Å². The van der Waals surface area contributed by atoms with Crippen LogP contribution in [0.3, 0.4) is 0 Å². The van der Waals surface area contributed by atoms with Crippen molar-refractivity contribution in [1.82, 2.24) is 15.1 Å². The molecule has 0 spiro atoms. The number of ether oxygens (including phenoxy) is 2. The highest BCUT2D eigenvalue weighted by molar-refractivity contribution is 5.94. The topological polar surface area (TPSA) is 71.1 Å². The van der Waals surface area contributed by atoms with Gasteiger partial charge in [-0.2, -0.15) is 0 Å². The summed E-state index contributed by atoms with van der Waals surface area (Å²) in [7, 11) is 2.98. The lowest BCUT2D eigenvalue weighted by Crippen LogP contribution is -2.50. The van der Waals surface area contributed by atoms with Gasteiger partial charge in [0.2, 0.25) is 0 Å². The quantitative estimate of drug-likeness (QED) is 0.869. The number of methoxy groups -OCH3 is 2. The maximum absolute atomic E-state index is 12.0. The van der Waals surface area contributed by atoms with Gasteiger partial charge in [-0.3, -0.25) is 9.69 Å². The molecule has 7 heteroatoms. The van der Waals surface area contributed by atoms with Gasteiger partial charge in [0.1, 0.15) is 5.75 Å². The van der Waals surface area contributed by atoms with E-state index in [9.17, 15) is 9.59 Å². The first-order valence-corrected chi connectivity index (χ1v) is 7.61. The van der Waals surface area contributed by atoms with E-state index >= 15 is 0 Å². The molecule has 1 N–H and O–H groups in total. The smallest absolute Gasteiger partial charge is 0.409 e. The lowest BCUT2D eigenvalue weighted by Gasteiger charge is -2.33. The molecule has 1 aromatic rings. The van der Waals surface area contributed by atoms with Crippen LogP contribution in [0.15, 0.2) is 24.3 Å². The van der Waals surface area contributed by atoms with Crippen LogP contribution in [0.25, 0.3) is 0 Å². The molecule has 0 aliphatic carbocycles. The molecule has 0 unspecified atom stereocenters. The van der Waals surface area contributed by atoms with Gasteiger partial charge >= 0.3 is 6.09 Å². The summed E-state index contributed by atoms with van der Waals surface area (Å²) in [6.45, 7) is 4.21. The number of nitrogens with one attached hydrogen (secondary N) is 1. The van der Waals surface area contributed by atoms with E-state index in [4.69, 9.17) is 9.47 Å². The molecule has 1 heterocycles. The molecule has 2 amide bonds. The molecule has 0 aromatic heterocycles. The largest absolute Gasteiger partial charge is 0.497 e. The zero-order chi connectivity index (χ0) is 16.7. The Morgan fingerprint density at radius 2 is 1.74 bits per heavy atom. The lowest BCUT2D eigenvalue weighted by molar-refractivity contribution is 0.0885. The Balaban J connectivity index is 1.69. The number of carbonyl (C=O) groups is 2. The number of piperazine rings is 1. The van der Waals surface area contributed by atoms with E-state index < -0.39 is 0 Å². The second kappa shape index (κ2) is 8.38. The SMILES string of the molecule is COC(=O)N1CCN(CCNC(=O)c2ccc(OC)cc2)CC1. The van der Waals surface area contributed by atoms with Gasteiger partial charge < -0.3 is 19.7 Å². The number of rotatable bonds is 5. The van der Waals surface area contributed by atoms with E-state index in [1.54, 1.807) is 36.3 Å². The van der Waals surface area contributed by atoms with Crippen LogP contribution in [0.2, 0.25) is 0 Å². The fourth-order valence-electron chi connectivity index (χ4n) is 2.46. The third kappa shape index (κ3) is 4.85. The van der Waals surface area contributed by atoms with Gasteiger partial charge in [-0.15, -0.1) is 0 Å². The van der Waals surface area contributed by atoms with Crippen molar-refractivity contribution < 1.29 is 19.1 Å². The van der Waals surface area contributed by atoms with E-state index in [-0.39, 0.29) is 12.0 Å². The van der Waals surface area contributed by atoms with Crippen molar-refractivity contribution in [3.05, 3.63) is 29.8 Å². The number of benzene rings is 1. The van der Waals surface area contributed by atoms with Crippen molar-refractivity contribution in [3.63, 3.8) is 0 Å². The molecule has 1 saturated heterocycles. The van der Waals surface area contributed by atoms with Crippen LogP contribution in [-0.4, -0.2) is 75.3 Å². The van der Waals surface area contributed by atoms with E-state index in [0.29, 0.717) is 25.2 Å². The normalized spacial score (nSPS) is 15.1. The highest BCUT2D eigenvalue weighted by Gasteiger charge is 2.21. The van der Waals surface area contributed by atoms with Gasteiger partial charge in [0, 0.05) is 44.8 Å². The third-order valence-electron chi connectivity index (χ3n) is 3.87. The zero-order valence-corrected chi connectivity index (χ0v) is 13.6. The number of amides is 2. The van der Waals surface area contributed by atoms with Crippen LogP contribution < -0.4 is 10.1 Å². The maximum Gasteiger partial charge on any atom is 0.409 e. The van der Waals surface area contributed by atoms with Gasteiger partial charge in [-0.05, 0) is 24.3 Å². The Kier molecular flexibility index (Phi) is 6.22. The minimum Gasteiger partial charge on any atom is -0.497 e. The second-order valence-corrected chi connectivity index (χ2v) is 5.28. The lowest BCUT2D eigenvalue weighted by atomic mass is 10.2. The molecule has 1 fully saturated rings. The second-order valence-electron chi connectivity index (χ2n) is 5.28. The van der Waals surface area contributed by atoms with Crippen LogP contribution in [0, 0.1) is 0 Å². The summed E-state index contributed by atoms with van der Waals surface area (Å²) >= 11 is 0.